The zero-order valence-corrected chi connectivity index (χ0v) is 12.9. The molecule has 2 amide bonds. The lowest BCUT2D eigenvalue weighted by Gasteiger charge is -2.33. The van der Waals surface area contributed by atoms with Gasteiger partial charge in [-0.1, -0.05) is 6.08 Å². The monoisotopic (exact) mass is 312 g/mol. The van der Waals surface area contributed by atoms with Crippen molar-refractivity contribution in [2.45, 2.75) is 26.3 Å². The maximum Gasteiger partial charge on any atom is 0.433 e. The molecule has 0 radical (unpaired) electrons. The number of rotatable bonds is 4. The summed E-state index contributed by atoms with van der Waals surface area (Å²) in [5, 5.41) is 2.32. The van der Waals surface area contributed by atoms with E-state index in [4.69, 9.17) is 9.47 Å². The van der Waals surface area contributed by atoms with E-state index >= 15 is 0 Å². The number of esters is 1. The highest BCUT2D eigenvalue weighted by Gasteiger charge is 2.59. The molecule has 1 aliphatic carbocycles. The van der Waals surface area contributed by atoms with Crippen molar-refractivity contribution in [2.24, 2.45) is 11.8 Å². The minimum absolute atomic E-state index is 0.00850. The first kappa shape index (κ1) is 16.1. The average Bonchev–Trinajstić information content (AvgIpc) is 3.19. The van der Waals surface area contributed by atoms with E-state index in [1.54, 1.807) is 19.9 Å². The van der Waals surface area contributed by atoms with Crippen LogP contribution in [0.2, 0.25) is 0 Å². The Morgan fingerprint density at radius 3 is 2.32 bits per heavy atom. The predicted molar refractivity (Wildman–Crippen MR) is 74.3 cm³/mol. The van der Waals surface area contributed by atoms with Gasteiger partial charge in [0.15, 0.2) is 0 Å². The number of methoxy groups -OCH3 is 1. The van der Waals surface area contributed by atoms with E-state index < -0.39 is 12.2 Å². The van der Waals surface area contributed by atoms with Gasteiger partial charge < -0.3 is 14.2 Å². The minimum atomic E-state index is -0.658. The van der Waals surface area contributed by atoms with E-state index in [2.05, 4.69) is 4.74 Å². The molecule has 1 fully saturated rings. The van der Waals surface area contributed by atoms with E-state index in [9.17, 15) is 14.4 Å². The van der Waals surface area contributed by atoms with Crippen LogP contribution in [0.25, 0.3) is 0 Å². The lowest BCUT2D eigenvalue weighted by atomic mass is 10.2. The molecule has 0 spiro atoms. The van der Waals surface area contributed by atoms with Crippen molar-refractivity contribution in [1.82, 2.24) is 10.0 Å². The lowest BCUT2D eigenvalue weighted by molar-refractivity contribution is -0.141. The first-order chi connectivity index (χ1) is 10.5. The number of hydrogen-bond acceptors (Lipinski definition) is 6. The second-order valence-electron chi connectivity index (χ2n) is 4.94. The van der Waals surface area contributed by atoms with Crippen LogP contribution in [0.4, 0.5) is 9.59 Å². The van der Waals surface area contributed by atoms with Crippen LogP contribution in [0.3, 0.4) is 0 Å². The van der Waals surface area contributed by atoms with Crippen molar-refractivity contribution in [3.63, 3.8) is 0 Å². The number of fused-ring (bicyclic) bond motifs is 1. The second kappa shape index (κ2) is 6.67. The maximum absolute atomic E-state index is 12.2. The Balaban J connectivity index is 2.16. The summed E-state index contributed by atoms with van der Waals surface area (Å²) < 4.78 is 14.6. The van der Waals surface area contributed by atoms with Crippen molar-refractivity contribution in [3.8, 4) is 0 Å². The van der Waals surface area contributed by atoms with Crippen molar-refractivity contribution in [2.75, 3.05) is 20.3 Å². The average molecular weight is 312 g/mol. The Labute approximate surface area is 128 Å². The van der Waals surface area contributed by atoms with E-state index in [1.165, 1.54) is 18.3 Å². The summed E-state index contributed by atoms with van der Waals surface area (Å²) >= 11 is 0. The zero-order valence-electron chi connectivity index (χ0n) is 12.9. The highest BCUT2D eigenvalue weighted by Crippen LogP contribution is 2.50. The molecule has 0 aromatic rings. The molecule has 0 bridgehead atoms. The molecule has 22 heavy (non-hydrogen) atoms. The van der Waals surface area contributed by atoms with Gasteiger partial charge >= 0.3 is 18.2 Å². The SMILES string of the molecule is CCOC(=O)N1C=C[C@@H]2[C@H](CC(=O)OC)[C@@H]2N1C(=O)OCC. The Hall–Kier alpha value is -2.25. The van der Waals surface area contributed by atoms with E-state index in [1.807, 2.05) is 0 Å². The standard InChI is InChI=1S/C14H20N2O6/c1-4-21-13(18)15-7-6-9-10(8-11(17)20-3)12(9)16(15)14(19)22-5-2/h6-7,9-10,12H,4-5,8H2,1-3H3/t9-,10+,12-/m1/s1. The third kappa shape index (κ3) is 3.00. The van der Waals surface area contributed by atoms with Crippen LogP contribution in [0.5, 0.6) is 0 Å². The fraction of sp³-hybridized carbons (Fsp3) is 0.643. The molecule has 0 unspecified atom stereocenters. The van der Waals surface area contributed by atoms with Gasteiger partial charge in [0.2, 0.25) is 0 Å². The van der Waals surface area contributed by atoms with E-state index in [0.29, 0.717) is 0 Å². The van der Waals surface area contributed by atoms with Crippen LogP contribution in [-0.2, 0) is 19.0 Å². The molecule has 3 atom stereocenters. The number of nitrogens with zero attached hydrogens (tertiary/aromatic N) is 2. The third-order valence-electron chi connectivity index (χ3n) is 3.69. The van der Waals surface area contributed by atoms with Crippen molar-refractivity contribution in [3.05, 3.63) is 12.3 Å². The smallest absolute Gasteiger partial charge is 0.433 e. The molecule has 0 saturated heterocycles. The number of amides is 2. The Bertz CT molecular complexity index is 492. The van der Waals surface area contributed by atoms with Crippen molar-refractivity contribution >= 4 is 18.2 Å². The number of hydrazine groups is 1. The number of carbonyl (C=O) groups excluding carboxylic acids is 3. The summed E-state index contributed by atoms with van der Waals surface area (Å²) in [5.74, 6) is -0.430. The van der Waals surface area contributed by atoms with Crippen LogP contribution in [0, 0.1) is 11.8 Å². The largest absolute Gasteiger partial charge is 0.469 e. The van der Waals surface area contributed by atoms with Gasteiger partial charge in [0.05, 0.1) is 32.8 Å². The molecule has 0 aromatic carbocycles. The first-order valence-electron chi connectivity index (χ1n) is 7.22. The van der Waals surface area contributed by atoms with Gasteiger partial charge in [-0.3, -0.25) is 4.79 Å². The molecule has 2 aliphatic rings. The van der Waals surface area contributed by atoms with Crippen molar-refractivity contribution in [1.29, 1.82) is 0 Å². The van der Waals surface area contributed by atoms with Gasteiger partial charge in [-0.2, -0.15) is 5.01 Å². The molecule has 122 valence electrons. The summed E-state index contributed by atoms with van der Waals surface area (Å²) in [7, 11) is 1.32. The topological polar surface area (TPSA) is 85.4 Å². The van der Waals surface area contributed by atoms with Crippen LogP contribution in [0.15, 0.2) is 12.3 Å². The normalized spacial score (nSPS) is 25.3. The second-order valence-corrected chi connectivity index (χ2v) is 4.94. The van der Waals surface area contributed by atoms with Gasteiger partial charge in [0, 0.05) is 18.0 Å². The van der Waals surface area contributed by atoms with Crippen LogP contribution in [-0.4, -0.2) is 54.5 Å². The van der Waals surface area contributed by atoms with E-state index in [-0.39, 0.29) is 43.5 Å². The van der Waals surface area contributed by atoms with Gasteiger partial charge in [0.25, 0.3) is 0 Å². The summed E-state index contributed by atoms with van der Waals surface area (Å²) in [6, 6.07) is -0.299. The fourth-order valence-electron chi connectivity index (χ4n) is 2.65. The first-order valence-corrected chi connectivity index (χ1v) is 7.22. The summed E-state index contributed by atoms with van der Waals surface area (Å²) in [6.07, 6.45) is 2.16. The molecule has 0 aromatic heterocycles. The number of carbonyl (C=O) groups is 3. The lowest BCUT2D eigenvalue weighted by Crippen LogP contribution is -2.50. The number of ether oxygens (including phenoxy) is 3. The van der Waals surface area contributed by atoms with E-state index in [0.717, 1.165) is 5.01 Å². The molecule has 1 aliphatic heterocycles. The highest BCUT2D eigenvalue weighted by atomic mass is 16.6. The molecule has 8 nitrogen and oxygen atoms in total. The van der Waals surface area contributed by atoms with Crippen LogP contribution in [0.1, 0.15) is 20.3 Å². The Morgan fingerprint density at radius 1 is 1.09 bits per heavy atom. The Morgan fingerprint density at radius 2 is 1.73 bits per heavy atom. The molecule has 0 N–H and O–H groups in total. The molecule has 1 heterocycles. The summed E-state index contributed by atoms with van der Waals surface area (Å²) in [6.45, 7) is 3.75. The van der Waals surface area contributed by atoms with Gasteiger partial charge in [-0.25, -0.2) is 14.6 Å². The highest BCUT2D eigenvalue weighted by molar-refractivity contribution is 5.77. The Kier molecular flexibility index (Phi) is 4.89. The molecule has 1 saturated carbocycles. The predicted octanol–water partition coefficient (Wildman–Crippen LogP) is 1.52. The zero-order chi connectivity index (χ0) is 16.3. The van der Waals surface area contributed by atoms with Gasteiger partial charge in [0.1, 0.15) is 0 Å². The third-order valence-corrected chi connectivity index (χ3v) is 3.69. The quantitative estimate of drug-likeness (QED) is 0.578. The summed E-state index contributed by atoms with van der Waals surface area (Å²) in [5.41, 5.74) is 0. The number of hydrogen-bond donors (Lipinski definition) is 0. The fourth-order valence-corrected chi connectivity index (χ4v) is 2.65. The molecule has 8 heteroatoms. The van der Waals surface area contributed by atoms with Crippen molar-refractivity contribution < 1.29 is 28.6 Å². The minimum Gasteiger partial charge on any atom is -0.469 e. The summed E-state index contributed by atoms with van der Waals surface area (Å²) in [4.78, 5) is 35.6. The molecule has 2 rings (SSSR count). The maximum atomic E-state index is 12.2. The molecular weight excluding hydrogens is 292 g/mol. The van der Waals surface area contributed by atoms with Crippen LogP contribution < -0.4 is 0 Å². The van der Waals surface area contributed by atoms with Gasteiger partial charge in [-0.05, 0) is 13.8 Å². The van der Waals surface area contributed by atoms with Gasteiger partial charge in [-0.15, -0.1) is 0 Å². The van der Waals surface area contributed by atoms with Crippen LogP contribution >= 0.6 is 0 Å². The molecular formula is C14H20N2O6.